The summed E-state index contributed by atoms with van der Waals surface area (Å²) in [6.07, 6.45) is 0.466. The molecular formula is C25H28N2O3S2. The van der Waals surface area contributed by atoms with Crippen LogP contribution in [0, 0.1) is 6.92 Å². The molecule has 0 heterocycles. The largest absolute Gasteiger partial charge is 0.497 e. The third kappa shape index (κ3) is 6.87. The Labute approximate surface area is 198 Å². The number of nitrogens with zero attached hydrogens (tertiary/aromatic N) is 1. The van der Waals surface area contributed by atoms with Gasteiger partial charge in [-0.05, 0) is 67.4 Å². The Morgan fingerprint density at radius 3 is 2.28 bits per heavy atom. The molecule has 168 valence electrons. The van der Waals surface area contributed by atoms with Gasteiger partial charge in [0.15, 0.2) is 0 Å². The molecule has 3 rings (SSSR count). The predicted octanol–water partition coefficient (Wildman–Crippen LogP) is 6.28. The molecule has 5 nitrogen and oxygen atoms in total. The maximum Gasteiger partial charge on any atom is 0.225 e. The lowest BCUT2D eigenvalue weighted by molar-refractivity contribution is -0.115. The third-order valence-corrected chi connectivity index (χ3v) is 6.69. The standard InChI is InChI=1S/C25H28N2O3S2/c1-18-5-10-21(11-6-18)31-16-15-25(28)26-19-7-12-22(13-8-19)32-27(2)23-17-20(29-3)9-14-24(23)30-4/h5-14,17H,15-16H2,1-4H3,(H,26,28). The van der Waals surface area contributed by atoms with E-state index < -0.39 is 0 Å². The topological polar surface area (TPSA) is 50.8 Å². The Bertz CT molecular complexity index is 1020. The van der Waals surface area contributed by atoms with Crippen LogP contribution in [0.3, 0.4) is 0 Å². The van der Waals surface area contributed by atoms with Crippen molar-refractivity contribution in [2.45, 2.75) is 23.1 Å². The molecule has 32 heavy (non-hydrogen) atoms. The molecule has 0 spiro atoms. The van der Waals surface area contributed by atoms with Crippen LogP contribution < -0.4 is 19.1 Å². The van der Waals surface area contributed by atoms with E-state index in [2.05, 4.69) is 36.5 Å². The fraction of sp³-hybridized carbons (Fsp3) is 0.240. The molecule has 3 aromatic rings. The van der Waals surface area contributed by atoms with Gasteiger partial charge in [-0.1, -0.05) is 17.7 Å². The minimum Gasteiger partial charge on any atom is -0.497 e. The van der Waals surface area contributed by atoms with E-state index in [9.17, 15) is 4.79 Å². The zero-order valence-corrected chi connectivity index (χ0v) is 20.4. The number of hydrogen-bond donors (Lipinski definition) is 1. The van der Waals surface area contributed by atoms with Gasteiger partial charge in [-0.15, -0.1) is 11.8 Å². The highest BCUT2D eigenvalue weighted by molar-refractivity contribution is 8.00. The molecule has 0 atom stereocenters. The second-order valence-corrected chi connectivity index (χ2v) is 9.48. The van der Waals surface area contributed by atoms with Crippen LogP contribution >= 0.6 is 23.7 Å². The van der Waals surface area contributed by atoms with Crippen molar-refractivity contribution in [3.05, 3.63) is 72.3 Å². The van der Waals surface area contributed by atoms with E-state index in [4.69, 9.17) is 9.47 Å². The van der Waals surface area contributed by atoms with Crippen molar-refractivity contribution in [2.75, 3.05) is 36.6 Å². The molecule has 0 unspecified atom stereocenters. The first-order chi connectivity index (χ1) is 15.5. The summed E-state index contributed by atoms with van der Waals surface area (Å²) >= 11 is 3.26. The van der Waals surface area contributed by atoms with Gasteiger partial charge in [0.05, 0.1) is 19.9 Å². The number of amides is 1. The zero-order chi connectivity index (χ0) is 22.9. The van der Waals surface area contributed by atoms with Crippen LogP contribution in [-0.4, -0.2) is 32.9 Å². The van der Waals surface area contributed by atoms with Crippen molar-refractivity contribution in [3.63, 3.8) is 0 Å². The zero-order valence-electron chi connectivity index (χ0n) is 18.8. The summed E-state index contributed by atoms with van der Waals surface area (Å²) in [4.78, 5) is 14.5. The number of rotatable bonds is 10. The minimum absolute atomic E-state index is 0.0169. The summed E-state index contributed by atoms with van der Waals surface area (Å²) in [6.45, 7) is 2.07. The Balaban J connectivity index is 1.51. The van der Waals surface area contributed by atoms with E-state index >= 15 is 0 Å². The molecule has 0 fully saturated rings. The summed E-state index contributed by atoms with van der Waals surface area (Å²) in [7, 11) is 5.27. The number of methoxy groups -OCH3 is 2. The van der Waals surface area contributed by atoms with E-state index in [1.165, 1.54) is 10.5 Å². The average Bonchev–Trinajstić information content (AvgIpc) is 2.81. The highest BCUT2D eigenvalue weighted by Gasteiger charge is 2.12. The third-order valence-electron chi connectivity index (χ3n) is 4.72. The molecular weight excluding hydrogens is 440 g/mol. The molecule has 0 saturated heterocycles. The number of nitrogens with one attached hydrogen (secondary N) is 1. The van der Waals surface area contributed by atoms with Crippen LogP contribution in [0.1, 0.15) is 12.0 Å². The Hall–Kier alpha value is -2.77. The number of hydrogen-bond acceptors (Lipinski definition) is 6. The van der Waals surface area contributed by atoms with Crippen LogP contribution in [0.4, 0.5) is 11.4 Å². The lowest BCUT2D eigenvalue weighted by atomic mass is 10.2. The first-order valence-corrected chi connectivity index (χ1v) is 12.0. The van der Waals surface area contributed by atoms with Crippen molar-refractivity contribution in [1.82, 2.24) is 0 Å². The number of aryl methyl sites for hydroxylation is 1. The summed E-state index contributed by atoms with van der Waals surface area (Å²) < 4.78 is 12.8. The number of thioether (sulfide) groups is 1. The number of carbonyl (C=O) groups is 1. The van der Waals surface area contributed by atoms with Crippen molar-refractivity contribution in [1.29, 1.82) is 0 Å². The number of benzene rings is 3. The summed E-state index contributed by atoms with van der Waals surface area (Å²) in [5.41, 5.74) is 2.95. The molecule has 0 aliphatic heterocycles. The number of anilines is 2. The lowest BCUT2D eigenvalue weighted by Gasteiger charge is -2.21. The molecule has 0 radical (unpaired) electrons. The highest BCUT2D eigenvalue weighted by Crippen LogP contribution is 2.37. The summed E-state index contributed by atoms with van der Waals surface area (Å²) in [5, 5.41) is 2.97. The van der Waals surface area contributed by atoms with Gasteiger partial charge < -0.3 is 19.1 Å². The van der Waals surface area contributed by atoms with Crippen LogP contribution in [0.15, 0.2) is 76.5 Å². The maximum atomic E-state index is 12.3. The SMILES string of the molecule is COc1ccc(OC)c(N(C)Sc2ccc(NC(=O)CCSc3ccc(C)cc3)cc2)c1. The maximum absolute atomic E-state index is 12.3. The van der Waals surface area contributed by atoms with E-state index in [0.717, 1.165) is 33.5 Å². The van der Waals surface area contributed by atoms with E-state index in [1.54, 1.807) is 37.9 Å². The van der Waals surface area contributed by atoms with Crippen LogP contribution in [0.25, 0.3) is 0 Å². The molecule has 3 aromatic carbocycles. The Kier molecular flexibility index (Phi) is 8.76. The number of ether oxygens (including phenoxy) is 2. The van der Waals surface area contributed by atoms with Crippen LogP contribution in [-0.2, 0) is 4.79 Å². The predicted molar refractivity (Wildman–Crippen MR) is 135 cm³/mol. The lowest BCUT2D eigenvalue weighted by Crippen LogP contribution is -2.12. The molecule has 7 heteroatoms. The van der Waals surface area contributed by atoms with Crippen molar-refractivity contribution in [3.8, 4) is 11.5 Å². The molecule has 0 bridgehead atoms. The van der Waals surface area contributed by atoms with Gasteiger partial charge in [-0.2, -0.15) is 0 Å². The normalized spacial score (nSPS) is 10.5. The van der Waals surface area contributed by atoms with Gasteiger partial charge in [0.1, 0.15) is 11.5 Å². The second-order valence-electron chi connectivity index (χ2n) is 7.11. The van der Waals surface area contributed by atoms with Gasteiger partial charge in [0.25, 0.3) is 0 Å². The summed E-state index contributed by atoms with van der Waals surface area (Å²) in [5.74, 6) is 2.30. The molecule has 1 N–H and O–H groups in total. The average molecular weight is 469 g/mol. The van der Waals surface area contributed by atoms with Crippen molar-refractivity contribution >= 4 is 41.0 Å². The molecule has 0 saturated carbocycles. The fourth-order valence-corrected chi connectivity index (χ4v) is 4.64. The second kappa shape index (κ2) is 11.7. The molecule has 0 aliphatic rings. The van der Waals surface area contributed by atoms with Gasteiger partial charge >= 0.3 is 0 Å². The van der Waals surface area contributed by atoms with Gasteiger partial charge in [0, 0.05) is 40.8 Å². The first-order valence-electron chi connectivity index (χ1n) is 10.2. The Morgan fingerprint density at radius 2 is 1.62 bits per heavy atom. The van der Waals surface area contributed by atoms with Crippen molar-refractivity contribution < 1.29 is 14.3 Å². The van der Waals surface area contributed by atoms with E-state index in [0.29, 0.717) is 6.42 Å². The fourth-order valence-electron chi connectivity index (χ4n) is 2.97. The minimum atomic E-state index is 0.0169. The van der Waals surface area contributed by atoms with E-state index in [-0.39, 0.29) is 5.91 Å². The van der Waals surface area contributed by atoms with E-state index in [1.807, 2.05) is 53.8 Å². The highest BCUT2D eigenvalue weighted by atomic mass is 32.2. The van der Waals surface area contributed by atoms with Crippen molar-refractivity contribution in [2.24, 2.45) is 0 Å². The van der Waals surface area contributed by atoms with Gasteiger partial charge in [-0.3, -0.25) is 4.79 Å². The molecule has 0 aromatic heterocycles. The molecule has 1 amide bonds. The monoisotopic (exact) mass is 468 g/mol. The first kappa shape index (κ1) is 23.9. The van der Waals surface area contributed by atoms with Crippen LogP contribution in [0.5, 0.6) is 11.5 Å². The van der Waals surface area contributed by atoms with Crippen LogP contribution in [0.2, 0.25) is 0 Å². The van der Waals surface area contributed by atoms with Gasteiger partial charge in [-0.25, -0.2) is 0 Å². The smallest absolute Gasteiger partial charge is 0.225 e. The van der Waals surface area contributed by atoms with Gasteiger partial charge in [0.2, 0.25) is 5.91 Å². The Morgan fingerprint density at radius 1 is 0.938 bits per heavy atom. The number of carbonyl (C=O) groups excluding carboxylic acids is 1. The molecule has 0 aliphatic carbocycles. The quantitative estimate of drug-likeness (QED) is 0.279. The summed E-state index contributed by atoms with van der Waals surface area (Å²) in [6, 6.07) is 21.9.